The second-order valence-corrected chi connectivity index (χ2v) is 8.13. The highest BCUT2D eigenvalue weighted by Gasteiger charge is 2.13. The number of aryl methyl sites for hydroxylation is 1. The molecule has 0 bridgehead atoms. The van der Waals surface area contributed by atoms with Crippen LogP contribution in [0.1, 0.15) is 35.8 Å². The van der Waals surface area contributed by atoms with E-state index in [4.69, 9.17) is 21.3 Å². The van der Waals surface area contributed by atoms with Gasteiger partial charge in [-0.25, -0.2) is 4.98 Å². The molecule has 0 fully saturated rings. The smallest absolute Gasteiger partial charge is 0.269 e. The van der Waals surface area contributed by atoms with Crippen molar-refractivity contribution >= 4 is 57.2 Å². The van der Waals surface area contributed by atoms with Crippen LogP contribution in [0.3, 0.4) is 0 Å². The summed E-state index contributed by atoms with van der Waals surface area (Å²) in [6, 6.07) is 15.0. The van der Waals surface area contributed by atoms with Gasteiger partial charge in [0.1, 0.15) is 17.2 Å². The van der Waals surface area contributed by atoms with Crippen molar-refractivity contribution in [1.29, 1.82) is 0 Å². The number of nitrogens with zero attached hydrogens (tertiary/aromatic N) is 3. The average molecular weight is 531 g/mol. The van der Waals surface area contributed by atoms with Gasteiger partial charge in [0, 0.05) is 32.4 Å². The first-order valence-corrected chi connectivity index (χ1v) is 10.6. The van der Waals surface area contributed by atoms with E-state index in [1.165, 1.54) is 11.8 Å². The van der Waals surface area contributed by atoms with Crippen LogP contribution in [-0.4, -0.2) is 27.5 Å². The van der Waals surface area contributed by atoms with E-state index in [1.807, 2.05) is 41.9 Å². The normalized spacial score (nSPS) is 10.7. The number of pyridine rings is 1. The van der Waals surface area contributed by atoms with Crippen LogP contribution in [0.15, 0.2) is 54.7 Å². The number of fused-ring (bicyclic) bond motifs is 1. The predicted octanol–water partition coefficient (Wildman–Crippen LogP) is 6.22. The summed E-state index contributed by atoms with van der Waals surface area (Å²) in [4.78, 5) is 20.6. The quantitative estimate of drug-likeness (QED) is 0.309. The van der Waals surface area contributed by atoms with E-state index in [0.717, 1.165) is 16.7 Å². The zero-order valence-corrected chi connectivity index (χ0v) is 21.2. The lowest BCUT2D eigenvalue weighted by Crippen LogP contribution is -2.18. The molecule has 0 aliphatic carbocycles. The Kier molecular flexibility index (Phi) is 7.61. The molecule has 0 atom stereocenters. The molecule has 0 aliphatic rings. The molecule has 33 heavy (non-hydrogen) atoms. The lowest BCUT2D eigenvalue weighted by atomic mass is 10.0. The highest BCUT2D eigenvalue weighted by molar-refractivity contribution is 8.93. The van der Waals surface area contributed by atoms with Gasteiger partial charge in [0.15, 0.2) is 0 Å². The zero-order chi connectivity index (χ0) is 22.8. The summed E-state index contributed by atoms with van der Waals surface area (Å²) >= 11 is 6.48. The number of aromatic nitrogens is 3. The van der Waals surface area contributed by atoms with E-state index in [-0.39, 0.29) is 28.6 Å². The van der Waals surface area contributed by atoms with Gasteiger partial charge in [-0.15, -0.1) is 17.0 Å². The van der Waals surface area contributed by atoms with Crippen LogP contribution in [0.5, 0.6) is 11.5 Å². The van der Waals surface area contributed by atoms with E-state index in [0.29, 0.717) is 28.4 Å². The van der Waals surface area contributed by atoms with Gasteiger partial charge in [0.2, 0.25) is 5.95 Å². The molecular formula is C24H25BrClN5O2. The Morgan fingerprint density at radius 1 is 1.09 bits per heavy atom. The summed E-state index contributed by atoms with van der Waals surface area (Å²) in [5, 5.41) is 6.52. The lowest BCUT2D eigenvalue weighted by molar-refractivity contribution is 0.0958. The minimum Gasteiger partial charge on any atom is -0.457 e. The van der Waals surface area contributed by atoms with Gasteiger partial charge in [-0.1, -0.05) is 31.5 Å². The van der Waals surface area contributed by atoms with Crippen molar-refractivity contribution in [3.05, 3.63) is 71.0 Å². The molecule has 0 saturated carbocycles. The van der Waals surface area contributed by atoms with E-state index in [9.17, 15) is 4.79 Å². The van der Waals surface area contributed by atoms with Gasteiger partial charge in [0.05, 0.1) is 21.7 Å². The van der Waals surface area contributed by atoms with Gasteiger partial charge < -0.3 is 19.9 Å². The first-order valence-electron chi connectivity index (χ1n) is 10.2. The molecule has 0 saturated heterocycles. The van der Waals surface area contributed by atoms with E-state index in [2.05, 4.69) is 35.5 Å². The topological polar surface area (TPSA) is 81.1 Å². The fraction of sp³-hybridized carbons (Fsp3) is 0.208. The Morgan fingerprint density at radius 3 is 2.55 bits per heavy atom. The number of amides is 1. The maximum absolute atomic E-state index is 11.8. The van der Waals surface area contributed by atoms with Crippen LogP contribution in [0, 0.1) is 0 Å². The number of carbonyl (C=O) groups is 1. The van der Waals surface area contributed by atoms with Gasteiger partial charge in [0.25, 0.3) is 5.91 Å². The van der Waals surface area contributed by atoms with E-state index < -0.39 is 0 Å². The number of anilines is 2. The molecule has 2 aromatic carbocycles. The molecule has 4 rings (SSSR count). The second kappa shape index (κ2) is 10.2. The summed E-state index contributed by atoms with van der Waals surface area (Å²) in [5.74, 6) is 1.93. The van der Waals surface area contributed by atoms with Crippen LogP contribution in [0.2, 0.25) is 5.02 Å². The molecule has 7 nitrogen and oxygen atoms in total. The van der Waals surface area contributed by atoms with Crippen LogP contribution in [0.25, 0.3) is 11.0 Å². The van der Waals surface area contributed by atoms with Crippen molar-refractivity contribution in [3.63, 3.8) is 0 Å². The highest BCUT2D eigenvalue weighted by Crippen LogP contribution is 2.31. The largest absolute Gasteiger partial charge is 0.457 e. The van der Waals surface area contributed by atoms with E-state index in [1.54, 1.807) is 19.2 Å². The maximum Gasteiger partial charge on any atom is 0.269 e. The molecule has 1 amide bonds. The molecule has 0 aliphatic heterocycles. The van der Waals surface area contributed by atoms with Crippen molar-refractivity contribution in [2.45, 2.75) is 19.8 Å². The number of carbonyl (C=O) groups excluding carboxylic acids is 1. The molecule has 0 radical (unpaired) electrons. The van der Waals surface area contributed by atoms with Crippen LogP contribution >= 0.6 is 28.6 Å². The first kappa shape index (κ1) is 24.5. The third kappa shape index (κ3) is 5.29. The average Bonchev–Trinajstić information content (AvgIpc) is 3.09. The van der Waals surface area contributed by atoms with E-state index >= 15 is 0 Å². The predicted molar refractivity (Wildman–Crippen MR) is 138 cm³/mol. The Balaban J connectivity index is 0.00000306. The van der Waals surface area contributed by atoms with Gasteiger partial charge in [-0.3, -0.25) is 9.78 Å². The minimum absolute atomic E-state index is 0. The van der Waals surface area contributed by atoms with Crippen molar-refractivity contribution in [2.75, 3.05) is 12.4 Å². The van der Waals surface area contributed by atoms with Crippen LogP contribution < -0.4 is 15.4 Å². The SMILES string of the molecule is Br.CNC(=O)c1cc(Oc2ccc3c(c2)nc(Nc2ccc(C(C)C)cc2Cl)n3C)ccn1. The molecular weight excluding hydrogens is 506 g/mol. The first-order chi connectivity index (χ1) is 15.4. The minimum atomic E-state index is -0.272. The zero-order valence-electron chi connectivity index (χ0n) is 18.7. The van der Waals surface area contributed by atoms with Gasteiger partial charge in [-0.05, 0) is 41.8 Å². The Bertz CT molecular complexity index is 1310. The van der Waals surface area contributed by atoms with Crippen LogP contribution in [0.4, 0.5) is 11.6 Å². The summed E-state index contributed by atoms with van der Waals surface area (Å²) < 4.78 is 7.89. The monoisotopic (exact) mass is 529 g/mol. The number of benzene rings is 2. The number of ether oxygens (including phenoxy) is 1. The van der Waals surface area contributed by atoms with Gasteiger partial charge in [-0.2, -0.15) is 0 Å². The molecule has 2 aromatic heterocycles. The van der Waals surface area contributed by atoms with Gasteiger partial charge >= 0.3 is 0 Å². The fourth-order valence-corrected chi connectivity index (χ4v) is 3.57. The molecule has 2 heterocycles. The second-order valence-electron chi connectivity index (χ2n) is 7.72. The standard InChI is InChI=1S/C24H24ClN5O2.BrH/c1-14(2)15-5-7-19(18(25)11-15)28-24-29-20-12-16(6-8-22(20)30(24)4)32-17-9-10-27-21(13-17)23(31)26-3;/h5-14H,1-4H3,(H,26,31)(H,28,29);1H. The summed E-state index contributed by atoms with van der Waals surface area (Å²) in [6.45, 7) is 4.27. The maximum atomic E-state index is 11.8. The summed E-state index contributed by atoms with van der Waals surface area (Å²) in [6.07, 6.45) is 1.54. The lowest BCUT2D eigenvalue weighted by Gasteiger charge is -2.11. The molecule has 0 spiro atoms. The number of hydrogen-bond donors (Lipinski definition) is 2. The third-order valence-corrected chi connectivity index (χ3v) is 5.50. The van der Waals surface area contributed by atoms with Crippen molar-refractivity contribution in [3.8, 4) is 11.5 Å². The molecule has 9 heteroatoms. The van der Waals surface area contributed by atoms with Crippen molar-refractivity contribution < 1.29 is 9.53 Å². The number of imidazole rings is 1. The van der Waals surface area contributed by atoms with Crippen molar-refractivity contribution in [1.82, 2.24) is 19.9 Å². The number of rotatable bonds is 6. The molecule has 0 unspecified atom stereocenters. The summed E-state index contributed by atoms with van der Waals surface area (Å²) in [5.41, 5.74) is 3.97. The number of nitrogens with one attached hydrogen (secondary N) is 2. The highest BCUT2D eigenvalue weighted by atomic mass is 79.9. The molecule has 172 valence electrons. The Hall–Kier alpha value is -3.10. The van der Waals surface area contributed by atoms with Crippen molar-refractivity contribution in [2.24, 2.45) is 7.05 Å². The Labute approximate surface area is 207 Å². The fourth-order valence-electron chi connectivity index (χ4n) is 3.33. The van der Waals surface area contributed by atoms with Crippen LogP contribution in [-0.2, 0) is 7.05 Å². The number of halogens is 2. The number of hydrogen-bond acceptors (Lipinski definition) is 5. The summed E-state index contributed by atoms with van der Waals surface area (Å²) in [7, 11) is 3.50. The third-order valence-electron chi connectivity index (χ3n) is 5.19. The molecule has 2 N–H and O–H groups in total. The molecule has 4 aromatic rings. The Morgan fingerprint density at radius 2 is 1.85 bits per heavy atom.